The van der Waals surface area contributed by atoms with Crippen molar-refractivity contribution in [3.63, 3.8) is 0 Å². The summed E-state index contributed by atoms with van der Waals surface area (Å²) in [5, 5.41) is 10.6. The van der Waals surface area contributed by atoms with Crippen LogP contribution >= 0.6 is 0 Å². The van der Waals surface area contributed by atoms with Crippen LogP contribution < -0.4 is 0 Å². The minimum Gasteiger partial charge on any atom is -0.481 e. The molecule has 0 aromatic carbocycles. The van der Waals surface area contributed by atoms with E-state index < -0.39 is 18.7 Å². The SMILES string of the molecule is [N-]=[N+]=N[C@H](CF)C(=O)O. The summed E-state index contributed by atoms with van der Waals surface area (Å²) in [6.45, 7) is -1.17. The van der Waals surface area contributed by atoms with Gasteiger partial charge in [-0.1, -0.05) is 5.11 Å². The molecule has 1 atom stereocenters. The van der Waals surface area contributed by atoms with Gasteiger partial charge >= 0.3 is 5.97 Å². The molecule has 0 aliphatic heterocycles. The van der Waals surface area contributed by atoms with Gasteiger partial charge in [0.25, 0.3) is 0 Å². The van der Waals surface area contributed by atoms with E-state index in [0.29, 0.717) is 0 Å². The van der Waals surface area contributed by atoms with Crippen LogP contribution in [0.3, 0.4) is 0 Å². The molecule has 0 rings (SSSR count). The van der Waals surface area contributed by atoms with Gasteiger partial charge in [0, 0.05) is 4.91 Å². The van der Waals surface area contributed by atoms with Crippen molar-refractivity contribution in [1.82, 2.24) is 0 Å². The summed E-state index contributed by atoms with van der Waals surface area (Å²) in [5.41, 5.74) is 7.64. The van der Waals surface area contributed by atoms with Crippen LogP contribution in [0.5, 0.6) is 0 Å². The maximum absolute atomic E-state index is 11.4. The van der Waals surface area contributed by atoms with E-state index in [0.717, 1.165) is 0 Å². The van der Waals surface area contributed by atoms with Crippen molar-refractivity contribution in [3.05, 3.63) is 10.4 Å². The van der Waals surface area contributed by atoms with Gasteiger partial charge in [0.2, 0.25) is 0 Å². The molecule has 1 N–H and O–H groups in total. The number of nitrogens with zero attached hydrogens (tertiary/aromatic N) is 3. The summed E-state index contributed by atoms with van der Waals surface area (Å²) in [7, 11) is 0. The second-order valence-corrected chi connectivity index (χ2v) is 1.21. The Morgan fingerprint density at radius 2 is 2.56 bits per heavy atom. The molecule has 0 bridgehead atoms. The number of aliphatic carboxylic acids is 1. The molecule has 0 heterocycles. The van der Waals surface area contributed by atoms with Crippen molar-refractivity contribution in [3.8, 4) is 0 Å². The quantitative estimate of drug-likeness (QED) is 0.349. The van der Waals surface area contributed by atoms with E-state index >= 15 is 0 Å². The molecule has 0 saturated carbocycles. The number of carboxylic acid groups (broad SMARTS) is 1. The highest BCUT2D eigenvalue weighted by atomic mass is 19.1. The predicted octanol–water partition coefficient (Wildman–Crippen LogP) is 0.719. The normalized spacial score (nSPS) is 11.7. The first kappa shape index (κ1) is 7.71. The van der Waals surface area contributed by atoms with Crippen LogP contribution in [0.2, 0.25) is 0 Å². The Kier molecular flexibility index (Phi) is 3.15. The Morgan fingerprint density at radius 1 is 2.00 bits per heavy atom. The van der Waals surface area contributed by atoms with Crippen LogP contribution in [0.4, 0.5) is 4.39 Å². The average molecular weight is 133 g/mol. The topological polar surface area (TPSA) is 86.1 Å². The Hall–Kier alpha value is -1.29. The van der Waals surface area contributed by atoms with E-state index in [4.69, 9.17) is 10.6 Å². The summed E-state index contributed by atoms with van der Waals surface area (Å²) in [5.74, 6) is -1.45. The number of hydrogen-bond acceptors (Lipinski definition) is 2. The maximum atomic E-state index is 11.4. The van der Waals surface area contributed by atoms with Gasteiger partial charge in [-0.15, -0.1) is 0 Å². The second-order valence-electron chi connectivity index (χ2n) is 1.21. The first-order valence-electron chi connectivity index (χ1n) is 2.05. The first-order chi connectivity index (χ1) is 4.22. The number of azide groups is 1. The highest BCUT2D eigenvalue weighted by molar-refractivity contribution is 5.73. The van der Waals surface area contributed by atoms with Crippen molar-refractivity contribution < 1.29 is 14.3 Å². The molecule has 5 nitrogen and oxygen atoms in total. The minimum absolute atomic E-state index is 1.17. The van der Waals surface area contributed by atoms with E-state index in [9.17, 15) is 9.18 Å². The summed E-state index contributed by atoms with van der Waals surface area (Å²) >= 11 is 0. The van der Waals surface area contributed by atoms with Gasteiger partial charge in [-0.2, -0.15) is 0 Å². The van der Waals surface area contributed by atoms with E-state index in [1.807, 2.05) is 0 Å². The molecule has 0 aromatic rings. The summed E-state index contributed by atoms with van der Waals surface area (Å²) in [6.07, 6.45) is 0. The van der Waals surface area contributed by atoms with Gasteiger partial charge < -0.3 is 5.11 Å². The van der Waals surface area contributed by atoms with E-state index in [1.54, 1.807) is 0 Å². The molecule has 0 aliphatic carbocycles. The highest BCUT2D eigenvalue weighted by Gasteiger charge is 2.13. The van der Waals surface area contributed by atoms with Gasteiger partial charge in [0.15, 0.2) is 6.04 Å². The maximum Gasteiger partial charge on any atom is 0.315 e. The highest BCUT2D eigenvalue weighted by Crippen LogP contribution is 1.91. The lowest BCUT2D eigenvalue weighted by molar-refractivity contribution is -0.138. The largest absolute Gasteiger partial charge is 0.481 e. The van der Waals surface area contributed by atoms with Crippen molar-refractivity contribution in [2.24, 2.45) is 5.11 Å². The molecule has 50 valence electrons. The molecule has 9 heavy (non-hydrogen) atoms. The van der Waals surface area contributed by atoms with E-state index in [1.165, 1.54) is 0 Å². The van der Waals surface area contributed by atoms with Crippen LogP contribution in [0.1, 0.15) is 0 Å². The van der Waals surface area contributed by atoms with Gasteiger partial charge in [-0.05, 0) is 5.53 Å². The number of rotatable bonds is 3. The van der Waals surface area contributed by atoms with Crippen LogP contribution in [0.25, 0.3) is 10.4 Å². The number of carboxylic acids is 1. The van der Waals surface area contributed by atoms with Gasteiger partial charge in [0.05, 0.1) is 0 Å². The Bertz CT molecular complexity index is 151. The third-order valence-corrected chi connectivity index (χ3v) is 0.622. The third kappa shape index (κ3) is 2.50. The predicted molar refractivity (Wildman–Crippen MR) is 26.5 cm³/mol. The summed E-state index contributed by atoms with van der Waals surface area (Å²) in [6, 6.07) is -1.57. The number of hydrogen-bond donors (Lipinski definition) is 1. The lowest BCUT2D eigenvalue weighted by atomic mass is 10.4. The van der Waals surface area contributed by atoms with E-state index in [-0.39, 0.29) is 0 Å². The second kappa shape index (κ2) is 3.68. The Labute approximate surface area is 49.7 Å². The fraction of sp³-hybridized carbons (Fsp3) is 0.667. The molecule has 0 amide bonds. The molecule has 0 spiro atoms. The van der Waals surface area contributed by atoms with Crippen LogP contribution in [0, 0.1) is 0 Å². The molecule has 6 heteroatoms. The first-order valence-corrected chi connectivity index (χ1v) is 2.05. The van der Waals surface area contributed by atoms with Gasteiger partial charge in [-0.25, -0.2) is 0 Å². The number of halogens is 1. The fourth-order valence-electron chi connectivity index (χ4n) is 0.209. The lowest BCUT2D eigenvalue weighted by Gasteiger charge is -1.94. The van der Waals surface area contributed by atoms with Gasteiger partial charge in [-0.3, -0.25) is 9.18 Å². The summed E-state index contributed by atoms with van der Waals surface area (Å²) < 4.78 is 11.4. The molecule has 0 saturated heterocycles. The molecule has 0 aromatic heterocycles. The molecule has 0 unspecified atom stereocenters. The van der Waals surface area contributed by atoms with Crippen molar-refractivity contribution >= 4 is 5.97 Å². The fourth-order valence-corrected chi connectivity index (χ4v) is 0.209. The zero-order chi connectivity index (χ0) is 7.28. The Morgan fingerprint density at radius 3 is 2.67 bits per heavy atom. The van der Waals surface area contributed by atoms with E-state index in [2.05, 4.69) is 10.0 Å². The van der Waals surface area contributed by atoms with Crippen molar-refractivity contribution in [2.45, 2.75) is 6.04 Å². The van der Waals surface area contributed by atoms with Crippen molar-refractivity contribution in [1.29, 1.82) is 0 Å². The molecular weight excluding hydrogens is 129 g/mol. The monoisotopic (exact) mass is 133 g/mol. The Balaban J connectivity index is 3.98. The third-order valence-electron chi connectivity index (χ3n) is 0.622. The van der Waals surface area contributed by atoms with Crippen LogP contribution in [0.15, 0.2) is 5.11 Å². The summed E-state index contributed by atoms with van der Waals surface area (Å²) in [4.78, 5) is 11.9. The van der Waals surface area contributed by atoms with Crippen LogP contribution in [-0.2, 0) is 4.79 Å². The van der Waals surface area contributed by atoms with Gasteiger partial charge in [0.1, 0.15) is 6.67 Å². The lowest BCUT2D eigenvalue weighted by Crippen LogP contribution is -2.18. The standard InChI is InChI=1S/C3H4FN3O2/c4-1-2(3(8)9)6-7-5/h2H,1H2,(H,8,9)/t2-/m1/s1. The molecular formula is C3H4FN3O2. The molecule has 0 aliphatic rings. The van der Waals surface area contributed by atoms with Crippen molar-refractivity contribution in [2.75, 3.05) is 6.67 Å². The smallest absolute Gasteiger partial charge is 0.315 e. The number of carbonyl (C=O) groups is 1. The zero-order valence-corrected chi connectivity index (χ0v) is 4.36. The minimum atomic E-state index is -1.57. The zero-order valence-electron chi connectivity index (χ0n) is 4.36. The average Bonchev–Trinajstić information content (AvgIpc) is 1.82. The number of alkyl halides is 1. The molecule has 0 radical (unpaired) electrons. The molecule has 0 fully saturated rings. The van der Waals surface area contributed by atoms with Crippen LogP contribution in [-0.4, -0.2) is 23.8 Å².